The van der Waals surface area contributed by atoms with Gasteiger partial charge in [0.05, 0.1) is 0 Å². The molecule has 0 heterocycles. The SMILES string of the molecule is CCCCCCC[C@H](C)CC[C@@H](C)CCCCCCC. The van der Waals surface area contributed by atoms with Crippen LogP contribution in [0.25, 0.3) is 0 Å². The molecular formula is C20H42. The summed E-state index contributed by atoms with van der Waals surface area (Å²) in [5.41, 5.74) is 0. The molecule has 0 aromatic carbocycles. The zero-order chi connectivity index (χ0) is 15.1. The van der Waals surface area contributed by atoms with E-state index >= 15 is 0 Å². The second-order valence-electron chi connectivity index (χ2n) is 7.19. The summed E-state index contributed by atoms with van der Waals surface area (Å²) in [6.45, 7) is 9.53. The maximum absolute atomic E-state index is 2.47. The third kappa shape index (κ3) is 14.4. The molecule has 2 atom stereocenters. The van der Waals surface area contributed by atoms with Gasteiger partial charge >= 0.3 is 0 Å². The Kier molecular flexibility index (Phi) is 15.4. The Balaban J connectivity index is 3.32. The van der Waals surface area contributed by atoms with E-state index in [9.17, 15) is 0 Å². The topological polar surface area (TPSA) is 0 Å². The van der Waals surface area contributed by atoms with Gasteiger partial charge in [0.15, 0.2) is 0 Å². The van der Waals surface area contributed by atoms with Gasteiger partial charge in [0.1, 0.15) is 0 Å². The Labute approximate surface area is 130 Å². The second kappa shape index (κ2) is 15.4. The highest BCUT2D eigenvalue weighted by Crippen LogP contribution is 2.22. The maximum Gasteiger partial charge on any atom is -0.0443 e. The van der Waals surface area contributed by atoms with Gasteiger partial charge < -0.3 is 0 Å². The summed E-state index contributed by atoms with van der Waals surface area (Å²) in [7, 11) is 0. The van der Waals surface area contributed by atoms with Crippen LogP contribution in [0.2, 0.25) is 0 Å². The van der Waals surface area contributed by atoms with Crippen LogP contribution in [0.1, 0.15) is 118 Å². The molecule has 0 saturated heterocycles. The molecule has 0 aliphatic carbocycles. The van der Waals surface area contributed by atoms with E-state index in [1.807, 2.05) is 0 Å². The Bertz CT molecular complexity index is 153. The minimum atomic E-state index is 0.958. The van der Waals surface area contributed by atoms with Crippen molar-refractivity contribution in [3.63, 3.8) is 0 Å². The number of hydrogen-bond acceptors (Lipinski definition) is 0. The van der Waals surface area contributed by atoms with Crippen molar-refractivity contribution < 1.29 is 0 Å². The smallest absolute Gasteiger partial charge is 0.0443 e. The molecule has 0 N–H and O–H groups in total. The van der Waals surface area contributed by atoms with Gasteiger partial charge in [-0.15, -0.1) is 0 Å². The lowest BCUT2D eigenvalue weighted by atomic mass is 9.91. The van der Waals surface area contributed by atoms with Crippen LogP contribution in [0.3, 0.4) is 0 Å². The highest BCUT2D eigenvalue weighted by Gasteiger charge is 2.06. The van der Waals surface area contributed by atoms with E-state index in [1.54, 1.807) is 0 Å². The van der Waals surface area contributed by atoms with Crippen molar-refractivity contribution in [2.75, 3.05) is 0 Å². The summed E-state index contributed by atoms with van der Waals surface area (Å²) in [6.07, 6.45) is 20.2. The maximum atomic E-state index is 2.47. The van der Waals surface area contributed by atoms with Crippen molar-refractivity contribution in [1.29, 1.82) is 0 Å². The molecule has 20 heavy (non-hydrogen) atoms. The van der Waals surface area contributed by atoms with Crippen LogP contribution in [0, 0.1) is 11.8 Å². The Morgan fingerprint density at radius 2 is 0.800 bits per heavy atom. The van der Waals surface area contributed by atoms with Gasteiger partial charge in [-0.2, -0.15) is 0 Å². The van der Waals surface area contributed by atoms with Gasteiger partial charge in [-0.3, -0.25) is 0 Å². The standard InChI is InChI=1S/C20H42/c1-5-7-9-11-13-15-19(3)17-18-20(4)16-14-12-10-8-6-2/h19-20H,5-18H2,1-4H3/t19-,20-/m0/s1. The molecule has 0 aromatic heterocycles. The molecule has 122 valence electrons. The molecular weight excluding hydrogens is 240 g/mol. The molecule has 0 nitrogen and oxygen atoms in total. The van der Waals surface area contributed by atoms with Gasteiger partial charge in [0, 0.05) is 0 Å². The second-order valence-corrected chi connectivity index (χ2v) is 7.19. The van der Waals surface area contributed by atoms with Gasteiger partial charge in [-0.25, -0.2) is 0 Å². The fraction of sp³-hybridized carbons (Fsp3) is 1.00. The molecule has 0 radical (unpaired) electrons. The van der Waals surface area contributed by atoms with Crippen LogP contribution >= 0.6 is 0 Å². The third-order valence-corrected chi connectivity index (χ3v) is 4.75. The van der Waals surface area contributed by atoms with Crippen LogP contribution in [0.5, 0.6) is 0 Å². The van der Waals surface area contributed by atoms with Crippen molar-refractivity contribution in [1.82, 2.24) is 0 Å². The number of unbranched alkanes of at least 4 members (excludes halogenated alkanes) is 8. The minimum Gasteiger partial charge on any atom is -0.0654 e. The van der Waals surface area contributed by atoms with E-state index < -0.39 is 0 Å². The van der Waals surface area contributed by atoms with Crippen LogP contribution in [0.4, 0.5) is 0 Å². The largest absolute Gasteiger partial charge is 0.0654 e. The first-order chi connectivity index (χ1) is 9.70. The first-order valence-electron chi connectivity index (χ1n) is 9.70. The highest BCUT2D eigenvalue weighted by molar-refractivity contribution is 4.60. The lowest BCUT2D eigenvalue weighted by molar-refractivity contribution is 0.377. The quantitative estimate of drug-likeness (QED) is 0.269. The van der Waals surface area contributed by atoms with Crippen molar-refractivity contribution in [2.24, 2.45) is 11.8 Å². The molecule has 0 spiro atoms. The predicted octanol–water partition coefficient (Wildman–Crippen LogP) is 7.76. The predicted molar refractivity (Wildman–Crippen MR) is 94.3 cm³/mol. The van der Waals surface area contributed by atoms with Crippen LogP contribution < -0.4 is 0 Å². The highest BCUT2D eigenvalue weighted by atomic mass is 14.1. The summed E-state index contributed by atoms with van der Waals surface area (Å²) in [6, 6.07) is 0. The molecule has 0 unspecified atom stereocenters. The first kappa shape index (κ1) is 20.0. The monoisotopic (exact) mass is 282 g/mol. The summed E-state index contributed by atoms with van der Waals surface area (Å²) in [5.74, 6) is 1.92. The van der Waals surface area contributed by atoms with E-state index in [1.165, 1.54) is 89.9 Å². The lowest BCUT2D eigenvalue weighted by Gasteiger charge is -2.15. The van der Waals surface area contributed by atoms with E-state index in [4.69, 9.17) is 0 Å². The first-order valence-corrected chi connectivity index (χ1v) is 9.70. The Morgan fingerprint density at radius 3 is 1.15 bits per heavy atom. The fourth-order valence-corrected chi connectivity index (χ4v) is 3.05. The number of rotatable bonds is 15. The van der Waals surface area contributed by atoms with Crippen molar-refractivity contribution >= 4 is 0 Å². The Hall–Kier alpha value is 0. The van der Waals surface area contributed by atoms with E-state index in [-0.39, 0.29) is 0 Å². The van der Waals surface area contributed by atoms with E-state index in [0.717, 1.165) is 11.8 Å². The molecule has 0 fully saturated rings. The summed E-state index contributed by atoms with van der Waals surface area (Å²) >= 11 is 0. The van der Waals surface area contributed by atoms with Crippen LogP contribution in [0.15, 0.2) is 0 Å². The van der Waals surface area contributed by atoms with Gasteiger partial charge in [-0.1, -0.05) is 118 Å². The molecule has 0 heteroatoms. The fourth-order valence-electron chi connectivity index (χ4n) is 3.05. The third-order valence-electron chi connectivity index (χ3n) is 4.75. The summed E-state index contributed by atoms with van der Waals surface area (Å²) in [5, 5.41) is 0. The zero-order valence-corrected chi connectivity index (χ0v) is 15.1. The zero-order valence-electron chi connectivity index (χ0n) is 15.1. The Morgan fingerprint density at radius 1 is 0.450 bits per heavy atom. The molecule has 0 aromatic rings. The molecule has 0 aliphatic heterocycles. The molecule has 0 amide bonds. The normalized spacial score (nSPS) is 14.4. The van der Waals surface area contributed by atoms with Gasteiger partial charge in [0.25, 0.3) is 0 Å². The summed E-state index contributed by atoms with van der Waals surface area (Å²) in [4.78, 5) is 0. The van der Waals surface area contributed by atoms with Crippen LogP contribution in [-0.2, 0) is 0 Å². The molecule has 0 saturated carbocycles. The van der Waals surface area contributed by atoms with Crippen molar-refractivity contribution in [2.45, 2.75) is 118 Å². The van der Waals surface area contributed by atoms with Crippen LogP contribution in [-0.4, -0.2) is 0 Å². The van der Waals surface area contributed by atoms with Gasteiger partial charge in [-0.05, 0) is 11.8 Å². The molecule has 0 rings (SSSR count). The number of hydrogen-bond donors (Lipinski definition) is 0. The molecule has 0 aliphatic rings. The van der Waals surface area contributed by atoms with Crippen molar-refractivity contribution in [3.8, 4) is 0 Å². The summed E-state index contributed by atoms with van der Waals surface area (Å²) < 4.78 is 0. The lowest BCUT2D eigenvalue weighted by Crippen LogP contribution is -2.01. The average molecular weight is 283 g/mol. The van der Waals surface area contributed by atoms with Gasteiger partial charge in [0.2, 0.25) is 0 Å². The minimum absolute atomic E-state index is 0.958. The van der Waals surface area contributed by atoms with E-state index in [0.29, 0.717) is 0 Å². The van der Waals surface area contributed by atoms with Crippen molar-refractivity contribution in [3.05, 3.63) is 0 Å². The average Bonchev–Trinajstić information content (AvgIpc) is 2.44. The molecule has 0 bridgehead atoms. The van der Waals surface area contributed by atoms with E-state index in [2.05, 4.69) is 27.7 Å².